The van der Waals surface area contributed by atoms with Gasteiger partial charge in [-0.3, -0.25) is 0 Å². The maximum absolute atomic E-state index is 5.99. The van der Waals surface area contributed by atoms with E-state index in [1.165, 1.54) is 5.56 Å². The molecule has 4 heteroatoms. The Kier molecular flexibility index (Phi) is 4.31. The molecule has 1 heterocycles. The molecule has 0 aliphatic rings. The van der Waals surface area contributed by atoms with E-state index in [0.717, 1.165) is 5.75 Å². The fraction of sp³-hybridized carbons (Fsp3) is 0.312. The zero-order valence-electron chi connectivity index (χ0n) is 12.0. The van der Waals surface area contributed by atoms with E-state index in [2.05, 4.69) is 31.8 Å². The zero-order chi connectivity index (χ0) is 14.8. The number of nitrogens with two attached hydrogens (primary N) is 1. The minimum atomic E-state index is 0.0786. The minimum absolute atomic E-state index is 0.0786. The van der Waals surface area contributed by atoms with Crippen LogP contribution in [0.1, 0.15) is 32.0 Å². The molecular formula is C16H19ClN2O. The second-order valence-corrected chi connectivity index (χ2v) is 6.07. The van der Waals surface area contributed by atoms with E-state index in [0.29, 0.717) is 16.6 Å². The van der Waals surface area contributed by atoms with Gasteiger partial charge in [0.25, 0.3) is 0 Å². The van der Waals surface area contributed by atoms with Crippen molar-refractivity contribution in [1.82, 2.24) is 4.98 Å². The van der Waals surface area contributed by atoms with Gasteiger partial charge in [0.2, 0.25) is 5.88 Å². The van der Waals surface area contributed by atoms with Crippen LogP contribution in [-0.2, 0) is 12.0 Å². The lowest BCUT2D eigenvalue weighted by atomic mass is 9.87. The average Bonchev–Trinajstić information content (AvgIpc) is 2.40. The first kappa shape index (κ1) is 14.8. The van der Waals surface area contributed by atoms with Gasteiger partial charge in [0.05, 0.1) is 10.7 Å². The van der Waals surface area contributed by atoms with Crippen LogP contribution < -0.4 is 10.5 Å². The monoisotopic (exact) mass is 290 g/mol. The van der Waals surface area contributed by atoms with Gasteiger partial charge in [-0.2, -0.15) is 0 Å². The summed E-state index contributed by atoms with van der Waals surface area (Å²) in [7, 11) is 0. The highest BCUT2D eigenvalue weighted by atomic mass is 35.5. The molecule has 2 aromatic rings. The number of pyridine rings is 1. The predicted octanol–water partition coefficient (Wildman–Crippen LogP) is 4.28. The van der Waals surface area contributed by atoms with Gasteiger partial charge in [0.1, 0.15) is 5.75 Å². The average molecular weight is 291 g/mol. The van der Waals surface area contributed by atoms with Crippen LogP contribution in [0, 0.1) is 0 Å². The van der Waals surface area contributed by atoms with Crippen LogP contribution in [0.5, 0.6) is 11.6 Å². The second kappa shape index (κ2) is 5.81. The van der Waals surface area contributed by atoms with Crippen LogP contribution in [-0.4, -0.2) is 4.98 Å². The van der Waals surface area contributed by atoms with Crippen molar-refractivity contribution in [3.8, 4) is 11.6 Å². The molecule has 0 saturated heterocycles. The number of rotatable bonds is 3. The van der Waals surface area contributed by atoms with Gasteiger partial charge in [-0.1, -0.05) is 44.5 Å². The first-order valence-electron chi connectivity index (χ1n) is 6.54. The Morgan fingerprint density at radius 3 is 2.60 bits per heavy atom. The topological polar surface area (TPSA) is 48.1 Å². The van der Waals surface area contributed by atoms with Crippen molar-refractivity contribution in [1.29, 1.82) is 0 Å². The van der Waals surface area contributed by atoms with E-state index >= 15 is 0 Å². The molecule has 2 N–H and O–H groups in total. The number of nitrogens with zero attached hydrogens (tertiary/aromatic N) is 1. The van der Waals surface area contributed by atoms with Crippen molar-refractivity contribution in [2.24, 2.45) is 5.73 Å². The molecule has 1 aromatic carbocycles. The van der Waals surface area contributed by atoms with E-state index < -0.39 is 0 Å². The molecular weight excluding hydrogens is 272 g/mol. The first-order valence-corrected chi connectivity index (χ1v) is 6.92. The van der Waals surface area contributed by atoms with Crippen molar-refractivity contribution < 1.29 is 4.74 Å². The Hall–Kier alpha value is -1.58. The fourth-order valence-corrected chi connectivity index (χ4v) is 1.99. The standard InChI is InChI=1S/C16H19ClN2O/c1-16(2,3)11-5-4-6-12(9-11)20-15-8-7-13(17)14(10-18)19-15/h4-9H,10,18H2,1-3H3. The highest BCUT2D eigenvalue weighted by Crippen LogP contribution is 2.28. The zero-order valence-corrected chi connectivity index (χ0v) is 12.7. The van der Waals surface area contributed by atoms with Crippen LogP contribution in [0.15, 0.2) is 36.4 Å². The van der Waals surface area contributed by atoms with E-state index in [9.17, 15) is 0 Å². The van der Waals surface area contributed by atoms with E-state index in [1.807, 2.05) is 18.2 Å². The Morgan fingerprint density at radius 1 is 1.20 bits per heavy atom. The van der Waals surface area contributed by atoms with Gasteiger partial charge in [0.15, 0.2) is 0 Å². The number of hydrogen-bond acceptors (Lipinski definition) is 3. The third kappa shape index (κ3) is 3.50. The molecule has 2 rings (SSSR count). The lowest BCUT2D eigenvalue weighted by Gasteiger charge is -2.19. The maximum atomic E-state index is 5.99. The van der Waals surface area contributed by atoms with Gasteiger partial charge in [-0.15, -0.1) is 0 Å². The molecule has 0 saturated carbocycles. The maximum Gasteiger partial charge on any atom is 0.219 e. The lowest BCUT2D eigenvalue weighted by Crippen LogP contribution is -2.10. The molecule has 0 spiro atoms. The summed E-state index contributed by atoms with van der Waals surface area (Å²) < 4.78 is 5.79. The Bertz CT molecular complexity index is 606. The summed E-state index contributed by atoms with van der Waals surface area (Å²) in [5.41, 5.74) is 7.52. The van der Waals surface area contributed by atoms with Crippen LogP contribution in [0.3, 0.4) is 0 Å². The summed E-state index contributed by atoms with van der Waals surface area (Å²) in [6, 6.07) is 11.5. The number of benzene rings is 1. The summed E-state index contributed by atoms with van der Waals surface area (Å²) in [5.74, 6) is 1.26. The molecule has 20 heavy (non-hydrogen) atoms. The van der Waals surface area contributed by atoms with Gasteiger partial charge in [-0.25, -0.2) is 4.98 Å². The molecule has 3 nitrogen and oxygen atoms in total. The van der Waals surface area contributed by atoms with Gasteiger partial charge < -0.3 is 10.5 Å². The molecule has 0 unspecified atom stereocenters. The van der Waals surface area contributed by atoms with Crippen LogP contribution in [0.4, 0.5) is 0 Å². The fourth-order valence-electron chi connectivity index (χ4n) is 1.81. The number of hydrogen-bond donors (Lipinski definition) is 1. The summed E-state index contributed by atoms with van der Waals surface area (Å²) in [6.07, 6.45) is 0. The summed E-state index contributed by atoms with van der Waals surface area (Å²) in [6.45, 7) is 6.79. The Balaban J connectivity index is 2.26. The number of halogens is 1. The number of aromatic nitrogens is 1. The highest BCUT2D eigenvalue weighted by molar-refractivity contribution is 6.31. The minimum Gasteiger partial charge on any atom is -0.439 e. The molecule has 0 fully saturated rings. The second-order valence-electron chi connectivity index (χ2n) is 5.66. The van der Waals surface area contributed by atoms with Crippen molar-refractivity contribution in [2.75, 3.05) is 0 Å². The van der Waals surface area contributed by atoms with Crippen LogP contribution >= 0.6 is 11.6 Å². The van der Waals surface area contributed by atoms with Crippen molar-refractivity contribution in [3.05, 3.63) is 52.7 Å². The van der Waals surface area contributed by atoms with Gasteiger partial charge in [-0.05, 0) is 29.2 Å². The summed E-state index contributed by atoms with van der Waals surface area (Å²) in [4.78, 5) is 4.30. The number of ether oxygens (including phenoxy) is 1. The van der Waals surface area contributed by atoms with Gasteiger partial charge >= 0.3 is 0 Å². The quantitative estimate of drug-likeness (QED) is 0.917. The molecule has 0 atom stereocenters. The SMILES string of the molecule is CC(C)(C)c1cccc(Oc2ccc(Cl)c(CN)n2)c1. The van der Waals surface area contributed by atoms with Crippen molar-refractivity contribution in [3.63, 3.8) is 0 Å². The first-order chi connectivity index (χ1) is 9.40. The summed E-state index contributed by atoms with van der Waals surface area (Å²) in [5, 5.41) is 0.559. The largest absolute Gasteiger partial charge is 0.439 e. The van der Waals surface area contributed by atoms with E-state index in [1.54, 1.807) is 12.1 Å². The molecule has 0 aliphatic heterocycles. The third-order valence-electron chi connectivity index (χ3n) is 3.01. The molecule has 0 amide bonds. The van der Waals surface area contributed by atoms with E-state index in [4.69, 9.17) is 22.1 Å². The smallest absolute Gasteiger partial charge is 0.219 e. The molecule has 106 valence electrons. The van der Waals surface area contributed by atoms with Crippen LogP contribution in [0.2, 0.25) is 5.02 Å². The van der Waals surface area contributed by atoms with Crippen LogP contribution in [0.25, 0.3) is 0 Å². The van der Waals surface area contributed by atoms with Crippen molar-refractivity contribution in [2.45, 2.75) is 32.7 Å². The molecule has 0 bridgehead atoms. The summed E-state index contributed by atoms with van der Waals surface area (Å²) >= 11 is 5.99. The molecule has 0 aliphatic carbocycles. The van der Waals surface area contributed by atoms with E-state index in [-0.39, 0.29) is 12.0 Å². The lowest BCUT2D eigenvalue weighted by molar-refractivity contribution is 0.457. The normalized spacial score (nSPS) is 11.4. The molecule has 1 aromatic heterocycles. The van der Waals surface area contributed by atoms with Gasteiger partial charge in [0, 0.05) is 12.6 Å². The van der Waals surface area contributed by atoms with Crippen molar-refractivity contribution >= 4 is 11.6 Å². The predicted molar refractivity (Wildman–Crippen MR) is 82.4 cm³/mol. The molecule has 0 radical (unpaired) electrons. The Morgan fingerprint density at radius 2 is 1.95 bits per heavy atom. The third-order valence-corrected chi connectivity index (χ3v) is 3.35. The Labute approximate surface area is 124 Å². The highest BCUT2D eigenvalue weighted by Gasteiger charge is 2.14.